The van der Waals surface area contributed by atoms with E-state index in [2.05, 4.69) is 30.7 Å². The van der Waals surface area contributed by atoms with Gasteiger partial charge < -0.3 is 5.73 Å². The summed E-state index contributed by atoms with van der Waals surface area (Å²) in [5.74, 6) is -1.10. The second-order valence-electron chi connectivity index (χ2n) is 5.77. The smallest absolute Gasteiger partial charge is 0.126 e. The van der Waals surface area contributed by atoms with Gasteiger partial charge in [-0.15, -0.1) is 0 Å². The summed E-state index contributed by atoms with van der Waals surface area (Å²) in [5, 5.41) is 0. The molecule has 1 heterocycles. The van der Waals surface area contributed by atoms with Crippen LogP contribution in [0, 0.1) is 11.6 Å². The molecule has 1 aromatic carbocycles. The van der Waals surface area contributed by atoms with Crippen molar-refractivity contribution in [2.24, 2.45) is 5.73 Å². The second-order valence-corrected chi connectivity index (χ2v) is 5.77. The number of halogens is 2. The highest BCUT2D eigenvalue weighted by molar-refractivity contribution is 5.22. The lowest BCUT2D eigenvalue weighted by atomic mass is 10.0. The number of benzene rings is 1. The molecule has 1 aliphatic rings. The minimum atomic E-state index is -0.548. The van der Waals surface area contributed by atoms with E-state index in [0.29, 0.717) is 24.2 Å². The van der Waals surface area contributed by atoms with Crippen molar-refractivity contribution >= 4 is 0 Å². The summed E-state index contributed by atoms with van der Waals surface area (Å²) in [6.45, 7) is 6.36. The van der Waals surface area contributed by atoms with E-state index in [-0.39, 0.29) is 6.04 Å². The quantitative estimate of drug-likeness (QED) is 0.921. The van der Waals surface area contributed by atoms with E-state index in [1.54, 1.807) is 0 Å². The first kappa shape index (κ1) is 15.4. The Hall–Kier alpha value is -1.04. The molecule has 3 unspecified atom stereocenters. The van der Waals surface area contributed by atoms with E-state index in [4.69, 9.17) is 5.73 Å². The first-order chi connectivity index (χ1) is 9.42. The van der Waals surface area contributed by atoms with Gasteiger partial charge in [0, 0.05) is 43.8 Å². The topological polar surface area (TPSA) is 32.5 Å². The van der Waals surface area contributed by atoms with Crippen LogP contribution in [0.3, 0.4) is 0 Å². The van der Waals surface area contributed by atoms with Crippen molar-refractivity contribution in [1.29, 1.82) is 0 Å². The monoisotopic (exact) mass is 283 g/mol. The number of piperazine rings is 1. The molecule has 5 heteroatoms. The summed E-state index contributed by atoms with van der Waals surface area (Å²) in [7, 11) is 2.10. The lowest BCUT2D eigenvalue weighted by Crippen LogP contribution is -2.56. The maximum atomic E-state index is 13.4. The van der Waals surface area contributed by atoms with Crippen LogP contribution in [0.1, 0.15) is 25.5 Å². The van der Waals surface area contributed by atoms with E-state index in [9.17, 15) is 8.78 Å². The van der Waals surface area contributed by atoms with Crippen LogP contribution >= 0.6 is 0 Å². The highest BCUT2D eigenvalue weighted by atomic mass is 19.1. The zero-order valence-electron chi connectivity index (χ0n) is 12.3. The predicted molar refractivity (Wildman–Crippen MR) is 76.4 cm³/mol. The molecule has 1 aliphatic heterocycles. The van der Waals surface area contributed by atoms with Gasteiger partial charge in [-0.1, -0.05) is 0 Å². The molecule has 0 radical (unpaired) electrons. The number of likely N-dealkylation sites (N-methyl/N-ethyl adjacent to an activating group) is 1. The van der Waals surface area contributed by atoms with Crippen molar-refractivity contribution in [2.75, 3.05) is 26.7 Å². The average Bonchev–Trinajstić information content (AvgIpc) is 2.35. The van der Waals surface area contributed by atoms with Gasteiger partial charge in [0.15, 0.2) is 0 Å². The third-order valence-corrected chi connectivity index (χ3v) is 4.32. The maximum Gasteiger partial charge on any atom is 0.126 e. The van der Waals surface area contributed by atoms with E-state index < -0.39 is 11.6 Å². The van der Waals surface area contributed by atoms with Crippen LogP contribution in [-0.4, -0.2) is 48.6 Å². The Bertz CT molecular complexity index is 434. The molecule has 1 fully saturated rings. The normalized spacial score (nSPS) is 26.7. The van der Waals surface area contributed by atoms with E-state index in [0.717, 1.165) is 19.2 Å². The molecule has 0 aromatic heterocycles. The molecule has 3 nitrogen and oxygen atoms in total. The summed E-state index contributed by atoms with van der Waals surface area (Å²) in [6, 6.07) is 4.31. The van der Waals surface area contributed by atoms with Crippen LogP contribution < -0.4 is 5.73 Å². The van der Waals surface area contributed by atoms with E-state index in [1.807, 2.05) is 0 Å². The Balaban J connectivity index is 2.23. The fraction of sp³-hybridized carbons (Fsp3) is 0.600. The van der Waals surface area contributed by atoms with Crippen LogP contribution in [0.4, 0.5) is 8.78 Å². The number of rotatable bonds is 3. The van der Waals surface area contributed by atoms with Crippen molar-refractivity contribution in [2.45, 2.75) is 32.0 Å². The van der Waals surface area contributed by atoms with Crippen molar-refractivity contribution in [1.82, 2.24) is 9.80 Å². The Labute approximate surface area is 119 Å². The molecule has 1 aromatic rings. The van der Waals surface area contributed by atoms with Gasteiger partial charge >= 0.3 is 0 Å². The van der Waals surface area contributed by atoms with Crippen LogP contribution in [0.15, 0.2) is 18.2 Å². The molecule has 0 spiro atoms. The molecule has 0 aliphatic carbocycles. The minimum Gasteiger partial charge on any atom is -0.329 e. The summed E-state index contributed by atoms with van der Waals surface area (Å²) < 4.78 is 26.8. The zero-order chi connectivity index (χ0) is 14.9. The number of hydrogen-bond acceptors (Lipinski definition) is 3. The summed E-state index contributed by atoms with van der Waals surface area (Å²) in [5.41, 5.74) is 6.48. The van der Waals surface area contributed by atoms with Gasteiger partial charge in [-0.25, -0.2) is 8.78 Å². The van der Waals surface area contributed by atoms with Gasteiger partial charge in [0.1, 0.15) is 11.6 Å². The van der Waals surface area contributed by atoms with E-state index in [1.165, 1.54) is 12.1 Å². The van der Waals surface area contributed by atoms with Crippen LogP contribution in [0.2, 0.25) is 0 Å². The average molecular weight is 283 g/mol. The van der Waals surface area contributed by atoms with Crippen molar-refractivity contribution in [3.8, 4) is 0 Å². The molecule has 2 rings (SSSR count). The summed E-state index contributed by atoms with van der Waals surface area (Å²) in [6.07, 6.45) is 0. The fourth-order valence-corrected chi connectivity index (χ4v) is 2.96. The van der Waals surface area contributed by atoms with Gasteiger partial charge in [0.25, 0.3) is 0 Å². The molecule has 112 valence electrons. The summed E-state index contributed by atoms with van der Waals surface area (Å²) >= 11 is 0. The molecule has 20 heavy (non-hydrogen) atoms. The van der Waals surface area contributed by atoms with E-state index >= 15 is 0 Å². The van der Waals surface area contributed by atoms with Crippen molar-refractivity contribution < 1.29 is 8.78 Å². The van der Waals surface area contributed by atoms with Gasteiger partial charge in [0.2, 0.25) is 0 Å². The first-order valence-electron chi connectivity index (χ1n) is 7.04. The summed E-state index contributed by atoms with van der Waals surface area (Å²) in [4.78, 5) is 4.54. The molecule has 0 bridgehead atoms. The van der Waals surface area contributed by atoms with Gasteiger partial charge in [-0.2, -0.15) is 0 Å². The maximum absolute atomic E-state index is 13.4. The Morgan fingerprint density at radius 1 is 1.15 bits per heavy atom. The molecule has 0 amide bonds. The number of nitrogens with two attached hydrogens (primary N) is 1. The zero-order valence-corrected chi connectivity index (χ0v) is 12.3. The molecular formula is C15H23F2N3. The lowest BCUT2D eigenvalue weighted by Gasteiger charge is -2.45. The van der Waals surface area contributed by atoms with Crippen LogP contribution in [0.5, 0.6) is 0 Å². The highest BCUT2D eigenvalue weighted by Crippen LogP contribution is 2.26. The molecule has 1 saturated heterocycles. The van der Waals surface area contributed by atoms with Crippen LogP contribution in [-0.2, 0) is 0 Å². The molecule has 2 N–H and O–H groups in total. The van der Waals surface area contributed by atoms with Crippen molar-refractivity contribution in [3.63, 3.8) is 0 Å². The second kappa shape index (κ2) is 6.16. The van der Waals surface area contributed by atoms with Crippen LogP contribution in [0.25, 0.3) is 0 Å². The standard InChI is InChI=1S/C15H23F2N3/c1-10-8-20(9-11(2)19(10)3)15(7-18)12-4-13(16)6-14(17)5-12/h4-6,10-11,15H,7-9,18H2,1-3H3. The number of hydrogen-bond donors (Lipinski definition) is 1. The Morgan fingerprint density at radius 3 is 2.10 bits per heavy atom. The Morgan fingerprint density at radius 2 is 1.65 bits per heavy atom. The largest absolute Gasteiger partial charge is 0.329 e. The SMILES string of the molecule is CC1CN(C(CN)c2cc(F)cc(F)c2)CC(C)N1C. The van der Waals surface area contributed by atoms with Gasteiger partial charge in [-0.05, 0) is 38.6 Å². The molecule has 0 saturated carbocycles. The predicted octanol–water partition coefficient (Wildman–Crippen LogP) is 1.99. The lowest BCUT2D eigenvalue weighted by molar-refractivity contribution is 0.0350. The van der Waals surface area contributed by atoms with Gasteiger partial charge in [0.05, 0.1) is 0 Å². The number of nitrogens with zero attached hydrogens (tertiary/aromatic N) is 2. The van der Waals surface area contributed by atoms with Gasteiger partial charge in [-0.3, -0.25) is 9.80 Å². The fourth-order valence-electron chi connectivity index (χ4n) is 2.96. The minimum absolute atomic E-state index is 0.140. The highest BCUT2D eigenvalue weighted by Gasteiger charge is 2.31. The third-order valence-electron chi connectivity index (χ3n) is 4.32. The molecule has 3 atom stereocenters. The Kier molecular flexibility index (Phi) is 4.73. The molecular weight excluding hydrogens is 260 g/mol. The first-order valence-corrected chi connectivity index (χ1v) is 7.04. The van der Waals surface area contributed by atoms with Crippen molar-refractivity contribution in [3.05, 3.63) is 35.4 Å². The third kappa shape index (κ3) is 3.16.